The second kappa shape index (κ2) is 8.59. The molecule has 0 radical (unpaired) electrons. The van der Waals surface area contributed by atoms with Crippen LogP contribution in [-0.4, -0.2) is 16.7 Å². The molecule has 5 nitrogen and oxygen atoms in total. The third-order valence-corrected chi connectivity index (χ3v) is 4.81. The van der Waals surface area contributed by atoms with Gasteiger partial charge in [-0.2, -0.15) is 0 Å². The molecular formula is C23H27N5. The van der Waals surface area contributed by atoms with Crippen molar-refractivity contribution < 1.29 is 0 Å². The van der Waals surface area contributed by atoms with E-state index in [-0.39, 0.29) is 0 Å². The van der Waals surface area contributed by atoms with Crippen LogP contribution < -0.4 is 16.4 Å². The van der Waals surface area contributed by atoms with Gasteiger partial charge in [-0.1, -0.05) is 31.7 Å². The molecule has 0 saturated heterocycles. The van der Waals surface area contributed by atoms with E-state index in [0.29, 0.717) is 23.1 Å². The highest BCUT2D eigenvalue weighted by atomic mass is 15.0. The van der Waals surface area contributed by atoms with Gasteiger partial charge in [0, 0.05) is 29.1 Å². The quantitative estimate of drug-likeness (QED) is 0.413. The van der Waals surface area contributed by atoms with E-state index in [0.717, 1.165) is 34.6 Å². The van der Waals surface area contributed by atoms with Gasteiger partial charge in [-0.15, -0.1) is 5.73 Å². The van der Waals surface area contributed by atoms with Crippen LogP contribution >= 0.6 is 0 Å². The van der Waals surface area contributed by atoms with Crippen molar-refractivity contribution in [2.45, 2.75) is 39.2 Å². The first-order valence-electron chi connectivity index (χ1n) is 9.57. The molecule has 1 aliphatic rings. The number of hydrogen-bond acceptors (Lipinski definition) is 5. The molecule has 3 rings (SSSR count). The van der Waals surface area contributed by atoms with Gasteiger partial charge >= 0.3 is 0 Å². The molecule has 5 N–H and O–H groups in total. The number of allylic oxidation sites excluding steroid dienone is 1. The molecular weight excluding hydrogens is 346 g/mol. The zero-order valence-corrected chi connectivity index (χ0v) is 16.5. The average Bonchev–Trinajstić information content (AvgIpc) is 3.55. The van der Waals surface area contributed by atoms with Crippen LogP contribution in [0, 0.1) is 5.41 Å². The fourth-order valence-corrected chi connectivity index (χ4v) is 2.90. The van der Waals surface area contributed by atoms with Crippen LogP contribution in [0.1, 0.15) is 43.5 Å². The maximum atomic E-state index is 8.58. The Bertz CT molecular complexity index is 948. The molecule has 144 valence electrons. The zero-order chi connectivity index (χ0) is 20.1. The number of benzene rings is 1. The van der Waals surface area contributed by atoms with Crippen LogP contribution in [0.3, 0.4) is 0 Å². The highest BCUT2D eigenvalue weighted by Gasteiger charge is 2.23. The summed E-state index contributed by atoms with van der Waals surface area (Å²) in [5.41, 5.74) is 14.6. The molecule has 5 heteroatoms. The van der Waals surface area contributed by atoms with E-state index >= 15 is 0 Å². The van der Waals surface area contributed by atoms with E-state index in [1.807, 2.05) is 43.3 Å². The van der Waals surface area contributed by atoms with Crippen LogP contribution in [0.4, 0.5) is 5.69 Å². The summed E-state index contributed by atoms with van der Waals surface area (Å²) in [5.74, 6) is 0.459. The van der Waals surface area contributed by atoms with Gasteiger partial charge in [0.1, 0.15) is 11.5 Å². The molecule has 0 spiro atoms. The predicted molar refractivity (Wildman–Crippen MR) is 116 cm³/mol. The SMILES string of the molecule is C=C=C(NC1CC1)c1ncc(C(=N)/C(C)=C(/N)Nc2ccccc2)cc1CC. The number of nitrogens with two attached hydrogens (primary N) is 1. The summed E-state index contributed by atoms with van der Waals surface area (Å²) in [6, 6.07) is 12.2. The van der Waals surface area contributed by atoms with Crippen molar-refractivity contribution >= 4 is 17.1 Å². The third-order valence-electron chi connectivity index (χ3n) is 4.81. The maximum Gasteiger partial charge on any atom is 0.106 e. The van der Waals surface area contributed by atoms with Gasteiger partial charge in [-0.3, -0.25) is 10.4 Å². The average molecular weight is 374 g/mol. The lowest BCUT2D eigenvalue weighted by Gasteiger charge is -2.15. The van der Waals surface area contributed by atoms with Crippen LogP contribution in [0.5, 0.6) is 0 Å². The van der Waals surface area contributed by atoms with Gasteiger partial charge in [0.25, 0.3) is 0 Å². The van der Waals surface area contributed by atoms with Gasteiger partial charge in [-0.05, 0) is 49.9 Å². The number of nitrogens with one attached hydrogen (secondary N) is 3. The Hall–Kier alpha value is -3.30. The highest BCUT2D eigenvalue weighted by Crippen LogP contribution is 2.25. The summed E-state index contributed by atoms with van der Waals surface area (Å²) >= 11 is 0. The van der Waals surface area contributed by atoms with Crippen molar-refractivity contribution in [3.63, 3.8) is 0 Å². The van der Waals surface area contributed by atoms with Gasteiger partial charge in [0.2, 0.25) is 0 Å². The Balaban J connectivity index is 1.85. The van der Waals surface area contributed by atoms with E-state index in [9.17, 15) is 0 Å². The minimum absolute atomic E-state index is 0.356. The van der Waals surface area contributed by atoms with Crippen LogP contribution in [0.2, 0.25) is 0 Å². The molecule has 1 aromatic carbocycles. The third kappa shape index (κ3) is 4.51. The Morgan fingerprint density at radius 2 is 2.04 bits per heavy atom. The smallest absolute Gasteiger partial charge is 0.106 e. The monoisotopic (exact) mass is 373 g/mol. The first kappa shape index (κ1) is 19.5. The molecule has 1 aliphatic carbocycles. The Morgan fingerprint density at radius 1 is 1.32 bits per heavy atom. The molecule has 1 heterocycles. The van der Waals surface area contributed by atoms with Crippen LogP contribution in [0.25, 0.3) is 5.70 Å². The molecule has 0 bridgehead atoms. The lowest BCUT2D eigenvalue weighted by atomic mass is 10.0. The first-order chi connectivity index (χ1) is 13.5. The van der Waals surface area contributed by atoms with E-state index in [4.69, 9.17) is 11.1 Å². The molecule has 1 fully saturated rings. The number of nitrogens with zero attached hydrogens (tertiary/aromatic N) is 1. The van der Waals surface area contributed by atoms with E-state index in [1.54, 1.807) is 6.20 Å². The van der Waals surface area contributed by atoms with Crippen LogP contribution in [0.15, 0.2) is 66.3 Å². The number of para-hydroxylation sites is 1. The number of anilines is 1. The van der Waals surface area contributed by atoms with Crippen molar-refractivity contribution in [3.05, 3.63) is 83.1 Å². The maximum absolute atomic E-state index is 8.58. The summed E-state index contributed by atoms with van der Waals surface area (Å²) in [6.45, 7) is 7.73. The minimum atomic E-state index is 0.356. The molecule has 2 aromatic rings. The Morgan fingerprint density at radius 3 is 2.64 bits per heavy atom. The van der Waals surface area contributed by atoms with E-state index < -0.39 is 0 Å². The van der Waals surface area contributed by atoms with Gasteiger partial charge in [0.15, 0.2) is 0 Å². The largest absolute Gasteiger partial charge is 0.385 e. The van der Waals surface area contributed by atoms with Crippen molar-refractivity contribution in [1.29, 1.82) is 5.41 Å². The predicted octanol–water partition coefficient (Wildman–Crippen LogP) is 4.19. The van der Waals surface area contributed by atoms with Crippen molar-refractivity contribution in [1.82, 2.24) is 10.3 Å². The lowest BCUT2D eigenvalue weighted by Crippen LogP contribution is -2.18. The number of aromatic nitrogens is 1. The lowest BCUT2D eigenvalue weighted by molar-refractivity contribution is 0.871. The molecule has 1 aromatic heterocycles. The summed E-state index contributed by atoms with van der Waals surface area (Å²) < 4.78 is 0. The van der Waals surface area contributed by atoms with Crippen LogP contribution in [-0.2, 0) is 6.42 Å². The van der Waals surface area contributed by atoms with Crippen molar-refractivity contribution in [2.75, 3.05) is 5.32 Å². The Labute approximate surface area is 166 Å². The normalized spacial score (nSPS) is 13.9. The molecule has 0 atom stereocenters. The fraction of sp³-hybridized carbons (Fsp3) is 0.261. The number of aryl methyl sites for hydroxylation is 1. The topological polar surface area (TPSA) is 86.8 Å². The van der Waals surface area contributed by atoms with Gasteiger partial charge in [-0.25, -0.2) is 0 Å². The fourth-order valence-electron chi connectivity index (χ4n) is 2.90. The van der Waals surface area contributed by atoms with E-state index in [2.05, 4.69) is 34.9 Å². The zero-order valence-electron chi connectivity index (χ0n) is 16.5. The molecule has 0 unspecified atom stereocenters. The summed E-state index contributed by atoms with van der Waals surface area (Å²) in [4.78, 5) is 4.62. The molecule has 0 amide bonds. The molecule has 28 heavy (non-hydrogen) atoms. The highest BCUT2D eigenvalue weighted by molar-refractivity contribution is 6.10. The number of pyridine rings is 1. The second-order valence-electron chi connectivity index (χ2n) is 6.96. The van der Waals surface area contributed by atoms with Crippen molar-refractivity contribution in [2.24, 2.45) is 5.73 Å². The van der Waals surface area contributed by atoms with Crippen molar-refractivity contribution in [3.8, 4) is 0 Å². The molecule has 0 aliphatic heterocycles. The Kier molecular flexibility index (Phi) is 5.97. The van der Waals surface area contributed by atoms with E-state index in [1.165, 1.54) is 12.8 Å². The minimum Gasteiger partial charge on any atom is -0.385 e. The standard InChI is InChI=1S/C23H27N5/c1-4-16-13-17(14-26-22(16)20(5-2)27-19-11-12-19)21(24)15(3)23(25)28-18-9-7-6-8-10-18/h6-10,13-14,19,24,27-28H,2,4,11-12,25H2,1,3H3/b23-15-,24-21?. The first-order valence-corrected chi connectivity index (χ1v) is 9.57. The number of rotatable bonds is 8. The summed E-state index contributed by atoms with van der Waals surface area (Å²) in [7, 11) is 0. The summed E-state index contributed by atoms with van der Waals surface area (Å²) in [5, 5.41) is 15.2. The molecule has 1 saturated carbocycles. The number of hydrogen-bond donors (Lipinski definition) is 4. The second-order valence-corrected chi connectivity index (χ2v) is 6.96. The van der Waals surface area contributed by atoms with Gasteiger partial charge in [0.05, 0.1) is 11.4 Å². The van der Waals surface area contributed by atoms with Gasteiger partial charge < -0.3 is 16.4 Å². The summed E-state index contributed by atoms with van der Waals surface area (Å²) in [6.07, 6.45) is 4.88.